The highest BCUT2D eigenvalue weighted by Gasteiger charge is 2.28. The second kappa shape index (κ2) is 9.07. The average molecular weight is 429 g/mol. The first-order chi connectivity index (χ1) is 14.6. The number of aryl methyl sites for hydroxylation is 1. The van der Waals surface area contributed by atoms with E-state index in [9.17, 15) is 9.59 Å². The van der Waals surface area contributed by atoms with Gasteiger partial charge in [0.15, 0.2) is 0 Å². The lowest BCUT2D eigenvalue weighted by atomic mass is 9.92. The predicted octanol–water partition coefficient (Wildman–Crippen LogP) is 2.77. The third-order valence-corrected chi connectivity index (χ3v) is 6.92. The number of rotatable bonds is 5. The van der Waals surface area contributed by atoms with Gasteiger partial charge >= 0.3 is 0 Å². The molecule has 3 N–H and O–H groups in total. The van der Waals surface area contributed by atoms with E-state index < -0.39 is 0 Å². The number of likely N-dealkylation sites (tertiary alicyclic amines) is 1. The fourth-order valence-corrected chi connectivity index (χ4v) is 5.09. The van der Waals surface area contributed by atoms with E-state index in [1.54, 1.807) is 6.07 Å². The lowest BCUT2D eigenvalue weighted by Crippen LogP contribution is -2.38. The summed E-state index contributed by atoms with van der Waals surface area (Å²) < 4.78 is 3.92. The van der Waals surface area contributed by atoms with Crippen molar-refractivity contribution in [2.24, 2.45) is 0 Å². The van der Waals surface area contributed by atoms with Crippen LogP contribution in [0.3, 0.4) is 0 Å². The maximum atomic E-state index is 12.8. The van der Waals surface area contributed by atoms with Gasteiger partial charge in [-0.15, -0.1) is 5.10 Å². The van der Waals surface area contributed by atoms with Crippen LogP contribution in [0, 0.1) is 0 Å². The summed E-state index contributed by atoms with van der Waals surface area (Å²) in [7, 11) is 0. The molecule has 0 bridgehead atoms. The van der Waals surface area contributed by atoms with Crippen LogP contribution in [0.15, 0.2) is 12.1 Å². The minimum atomic E-state index is -0.135. The van der Waals surface area contributed by atoms with Crippen molar-refractivity contribution in [2.75, 3.05) is 18.8 Å². The first-order valence-electron chi connectivity index (χ1n) is 10.7. The summed E-state index contributed by atoms with van der Waals surface area (Å²) in [5.41, 5.74) is 8.24. The quantitative estimate of drug-likeness (QED) is 0.757. The molecular formula is C21H28N6O2S. The van der Waals surface area contributed by atoms with Crippen LogP contribution in [-0.4, -0.2) is 50.4 Å². The van der Waals surface area contributed by atoms with Gasteiger partial charge in [-0.05, 0) is 55.8 Å². The van der Waals surface area contributed by atoms with Crippen molar-refractivity contribution >= 4 is 29.2 Å². The third-order valence-electron chi connectivity index (χ3n) is 6.17. The fourth-order valence-electron chi connectivity index (χ4n) is 4.37. The van der Waals surface area contributed by atoms with Crippen LogP contribution in [0.1, 0.15) is 82.8 Å². The van der Waals surface area contributed by atoms with E-state index in [0.29, 0.717) is 30.0 Å². The monoisotopic (exact) mass is 428 g/mol. The molecule has 8 nitrogen and oxygen atoms in total. The molecule has 9 heteroatoms. The molecule has 2 aromatic heterocycles. The molecule has 0 unspecified atom stereocenters. The van der Waals surface area contributed by atoms with Gasteiger partial charge in [-0.2, -0.15) is 0 Å². The molecule has 1 saturated heterocycles. The average Bonchev–Trinajstić information content (AvgIpc) is 3.45. The molecule has 0 aromatic carbocycles. The van der Waals surface area contributed by atoms with Gasteiger partial charge in [0.05, 0.1) is 11.3 Å². The maximum absolute atomic E-state index is 12.8. The summed E-state index contributed by atoms with van der Waals surface area (Å²) in [6.07, 6.45) is 6.74. The predicted molar refractivity (Wildman–Crippen MR) is 116 cm³/mol. The number of nitrogens with one attached hydrogen (secondary N) is 1. The highest BCUT2D eigenvalue weighted by molar-refractivity contribution is 7.08. The zero-order valence-electron chi connectivity index (χ0n) is 17.3. The number of amides is 2. The number of hydrogen-bond donors (Lipinski definition) is 2. The Balaban J connectivity index is 1.37. The largest absolute Gasteiger partial charge is 0.383 e. The number of carbonyl (C=O) groups excluding carboxylic acids is 2. The van der Waals surface area contributed by atoms with E-state index in [0.717, 1.165) is 49.9 Å². The van der Waals surface area contributed by atoms with E-state index in [1.165, 1.54) is 11.5 Å². The normalized spacial score (nSPS) is 18.0. The molecule has 1 saturated carbocycles. The van der Waals surface area contributed by atoms with Gasteiger partial charge < -0.3 is 16.0 Å². The molecule has 4 rings (SSSR count). The number of piperidine rings is 1. The molecule has 160 valence electrons. The van der Waals surface area contributed by atoms with Gasteiger partial charge in [-0.25, -0.2) is 4.98 Å². The molecule has 30 heavy (non-hydrogen) atoms. The van der Waals surface area contributed by atoms with Crippen molar-refractivity contribution in [1.82, 2.24) is 24.8 Å². The van der Waals surface area contributed by atoms with Crippen molar-refractivity contribution in [3.05, 3.63) is 34.0 Å². The number of hydrogen-bond acceptors (Lipinski definition) is 7. The van der Waals surface area contributed by atoms with Crippen LogP contribution in [0.25, 0.3) is 0 Å². The summed E-state index contributed by atoms with van der Waals surface area (Å²) in [4.78, 5) is 32.3. The number of carbonyl (C=O) groups is 2. The molecular weight excluding hydrogens is 400 g/mol. The zero-order valence-corrected chi connectivity index (χ0v) is 18.1. The summed E-state index contributed by atoms with van der Waals surface area (Å²) in [6.45, 7) is 3.31. The topological polar surface area (TPSA) is 114 Å². The maximum Gasteiger partial charge on any atom is 0.267 e. The summed E-state index contributed by atoms with van der Waals surface area (Å²) in [6, 6.07) is 3.95. The SMILES string of the molecule is CCc1nnsc1C(=O)N1CCC(c2ccc(C(=O)NC3CCCC3)c(N)n2)CC1. The Hall–Kier alpha value is -2.55. The number of aromatic nitrogens is 3. The van der Waals surface area contributed by atoms with E-state index in [-0.39, 0.29) is 29.6 Å². The Kier molecular flexibility index (Phi) is 6.26. The smallest absolute Gasteiger partial charge is 0.267 e. The van der Waals surface area contributed by atoms with E-state index in [1.807, 2.05) is 17.9 Å². The van der Waals surface area contributed by atoms with Crippen LogP contribution in [0.5, 0.6) is 0 Å². The lowest BCUT2D eigenvalue weighted by molar-refractivity contribution is 0.0715. The molecule has 0 radical (unpaired) electrons. The highest BCUT2D eigenvalue weighted by Crippen LogP contribution is 2.29. The molecule has 1 aliphatic carbocycles. The molecule has 1 aliphatic heterocycles. The van der Waals surface area contributed by atoms with Crippen molar-refractivity contribution in [3.63, 3.8) is 0 Å². The van der Waals surface area contributed by atoms with Gasteiger partial charge in [0, 0.05) is 30.7 Å². The zero-order chi connectivity index (χ0) is 21.1. The summed E-state index contributed by atoms with van der Waals surface area (Å²) >= 11 is 1.17. The van der Waals surface area contributed by atoms with Crippen molar-refractivity contribution in [3.8, 4) is 0 Å². The van der Waals surface area contributed by atoms with Crippen LogP contribution < -0.4 is 11.1 Å². The van der Waals surface area contributed by atoms with E-state index >= 15 is 0 Å². The van der Waals surface area contributed by atoms with Gasteiger partial charge in [0.1, 0.15) is 10.7 Å². The minimum absolute atomic E-state index is 0.0201. The Labute approximate surface area is 180 Å². The Morgan fingerprint density at radius 3 is 2.60 bits per heavy atom. The van der Waals surface area contributed by atoms with Crippen molar-refractivity contribution in [2.45, 2.75) is 63.8 Å². The Bertz CT molecular complexity index is 916. The van der Waals surface area contributed by atoms with Gasteiger partial charge in [0.25, 0.3) is 11.8 Å². The molecule has 0 spiro atoms. The second-order valence-electron chi connectivity index (χ2n) is 8.09. The van der Waals surface area contributed by atoms with Gasteiger partial charge in [-0.1, -0.05) is 24.3 Å². The highest BCUT2D eigenvalue weighted by atomic mass is 32.1. The first-order valence-corrected chi connectivity index (χ1v) is 11.5. The van der Waals surface area contributed by atoms with Crippen molar-refractivity contribution < 1.29 is 9.59 Å². The molecule has 2 fully saturated rings. The first kappa shape index (κ1) is 20.7. The molecule has 2 aliphatic rings. The van der Waals surface area contributed by atoms with Crippen LogP contribution in [0.2, 0.25) is 0 Å². The van der Waals surface area contributed by atoms with Gasteiger partial charge in [-0.3, -0.25) is 9.59 Å². The van der Waals surface area contributed by atoms with Crippen molar-refractivity contribution in [1.29, 1.82) is 0 Å². The number of nitrogens with two attached hydrogens (primary N) is 1. The summed E-state index contributed by atoms with van der Waals surface area (Å²) in [5.74, 6) is 0.397. The van der Waals surface area contributed by atoms with Gasteiger partial charge in [0.2, 0.25) is 0 Å². The Morgan fingerprint density at radius 1 is 1.20 bits per heavy atom. The van der Waals surface area contributed by atoms with Crippen LogP contribution in [0.4, 0.5) is 5.82 Å². The lowest BCUT2D eigenvalue weighted by Gasteiger charge is -2.31. The molecule has 2 aromatic rings. The molecule has 3 heterocycles. The Morgan fingerprint density at radius 2 is 1.93 bits per heavy atom. The van der Waals surface area contributed by atoms with Crippen LogP contribution in [-0.2, 0) is 6.42 Å². The van der Waals surface area contributed by atoms with E-state index in [2.05, 4.69) is 19.9 Å². The molecule has 0 atom stereocenters. The standard InChI is InChI=1S/C21H28N6O2S/c1-2-16-18(30-26-25-16)21(29)27-11-9-13(10-12-27)17-8-7-15(19(22)24-17)20(28)23-14-5-3-4-6-14/h7-8,13-14H,2-6,9-12H2,1H3,(H2,22,24)(H,23,28). The minimum Gasteiger partial charge on any atom is -0.383 e. The molecule has 2 amide bonds. The fraction of sp³-hybridized carbons (Fsp3) is 0.571. The number of anilines is 1. The third kappa shape index (κ3) is 4.30. The number of nitrogen functional groups attached to an aromatic ring is 1. The van der Waals surface area contributed by atoms with E-state index in [4.69, 9.17) is 5.73 Å². The number of pyridine rings is 1. The second-order valence-corrected chi connectivity index (χ2v) is 8.85. The number of nitrogens with zero attached hydrogens (tertiary/aromatic N) is 4. The van der Waals surface area contributed by atoms with Crippen LogP contribution >= 0.6 is 11.5 Å². The summed E-state index contributed by atoms with van der Waals surface area (Å²) in [5, 5.41) is 7.11.